The molecular weight excluding hydrogens is 650 g/mol. The standard InChI is InChI=1S/C32H35Br2N3O4/c1-8-20(6)41-30-27(39-7)15-21(28(33)29(30)34)17-35-37-31(36-25-13-11-10-12-22(25)32(37)38)24-16-23(18(3)4)26(40-9-2)14-19(24)5/h10-18,20H,8-9H2,1-7H3/t20-/m0/s1. The summed E-state index contributed by atoms with van der Waals surface area (Å²) in [5.74, 6) is 2.64. The normalized spacial score (nSPS) is 12.3. The fourth-order valence-corrected chi connectivity index (χ4v) is 5.36. The Morgan fingerprint density at radius 2 is 1.78 bits per heavy atom. The number of aryl methyl sites for hydroxylation is 1. The first kappa shape index (κ1) is 30.8. The van der Waals surface area contributed by atoms with Gasteiger partial charge in [-0.15, -0.1) is 0 Å². The van der Waals surface area contributed by atoms with Crippen LogP contribution < -0.4 is 19.8 Å². The Balaban J connectivity index is 1.94. The summed E-state index contributed by atoms with van der Waals surface area (Å²) in [6.45, 7) is 12.8. The van der Waals surface area contributed by atoms with E-state index in [4.69, 9.17) is 24.3 Å². The largest absolute Gasteiger partial charge is 0.494 e. The van der Waals surface area contributed by atoms with Gasteiger partial charge >= 0.3 is 0 Å². The molecule has 0 saturated carbocycles. The van der Waals surface area contributed by atoms with Crippen molar-refractivity contribution < 1.29 is 14.2 Å². The van der Waals surface area contributed by atoms with Gasteiger partial charge in [0.25, 0.3) is 5.56 Å². The number of para-hydroxylation sites is 1. The van der Waals surface area contributed by atoms with Crippen molar-refractivity contribution in [2.24, 2.45) is 5.10 Å². The van der Waals surface area contributed by atoms with Crippen molar-refractivity contribution >= 4 is 49.0 Å². The SMILES string of the molecule is CCOc1cc(C)c(-c2nc3ccccc3c(=O)n2N=Cc2cc(OC)c(O[C@@H](C)CC)c(Br)c2Br)cc1C(C)C. The summed E-state index contributed by atoms with van der Waals surface area (Å²) in [4.78, 5) is 18.8. The summed E-state index contributed by atoms with van der Waals surface area (Å²) in [5.41, 5.74) is 3.82. The highest BCUT2D eigenvalue weighted by Gasteiger charge is 2.20. The summed E-state index contributed by atoms with van der Waals surface area (Å²) >= 11 is 7.32. The number of benzene rings is 3. The van der Waals surface area contributed by atoms with Gasteiger partial charge in [0.05, 0.1) is 41.4 Å². The lowest BCUT2D eigenvalue weighted by Gasteiger charge is -2.19. The van der Waals surface area contributed by atoms with Gasteiger partial charge in [-0.2, -0.15) is 9.78 Å². The second kappa shape index (κ2) is 13.2. The van der Waals surface area contributed by atoms with Gasteiger partial charge in [0.15, 0.2) is 17.3 Å². The molecule has 216 valence electrons. The van der Waals surface area contributed by atoms with Crippen LogP contribution in [0.4, 0.5) is 0 Å². The molecule has 1 heterocycles. The van der Waals surface area contributed by atoms with E-state index >= 15 is 0 Å². The second-order valence-electron chi connectivity index (χ2n) is 10.1. The Bertz CT molecular complexity index is 1660. The summed E-state index contributed by atoms with van der Waals surface area (Å²) in [7, 11) is 1.59. The highest BCUT2D eigenvalue weighted by atomic mass is 79.9. The third kappa shape index (κ3) is 6.36. The summed E-state index contributed by atoms with van der Waals surface area (Å²) in [6, 6.07) is 13.2. The molecule has 4 rings (SSSR count). The minimum Gasteiger partial charge on any atom is -0.494 e. The zero-order valence-corrected chi connectivity index (χ0v) is 27.6. The quantitative estimate of drug-likeness (QED) is 0.157. The molecule has 0 aliphatic carbocycles. The number of nitrogens with zero attached hydrogens (tertiary/aromatic N) is 3. The van der Waals surface area contributed by atoms with Gasteiger partial charge in [-0.3, -0.25) is 4.79 Å². The van der Waals surface area contributed by atoms with Crippen LogP contribution in [-0.2, 0) is 0 Å². The number of hydrogen-bond acceptors (Lipinski definition) is 6. The van der Waals surface area contributed by atoms with Crippen molar-refractivity contribution in [3.63, 3.8) is 0 Å². The Morgan fingerprint density at radius 3 is 2.44 bits per heavy atom. The van der Waals surface area contributed by atoms with Crippen LogP contribution in [-0.4, -0.2) is 35.7 Å². The fraction of sp³-hybridized carbons (Fsp3) is 0.344. The third-order valence-corrected chi connectivity index (χ3v) is 9.00. The zero-order valence-electron chi connectivity index (χ0n) is 24.4. The van der Waals surface area contributed by atoms with Crippen molar-refractivity contribution in [1.82, 2.24) is 9.66 Å². The molecule has 3 aromatic carbocycles. The zero-order chi connectivity index (χ0) is 29.8. The van der Waals surface area contributed by atoms with Crippen molar-refractivity contribution in [3.05, 3.63) is 78.5 Å². The van der Waals surface area contributed by atoms with E-state index in [1.807, 2.05) is 51.1 Å². The average molecular weight is 685 g/mol. The van der Waals surface area contributed by atoms with Gasteiger partial charge in [0.1, 0.15) is 5.75 Å². The predicted molar refractivity (Wildman–Crippen MR) is 173 cm³/mol. The Labute approximate surface area is 257 Å². The van der Waals surface area contributed by atoms with Crippen LogP contribution in [0.1, 0.15) is 63.6 Å². The number of methoxy groups -OCH3 is 1. The van der Waals surface area contributed by atoms with Crippen LogP contribution in [0.5, 0.6) is 17.2 Å². The first-order valence-electron chi connectivity index (χ1n) is 13.7. The van der Waals surface area contributed by atoms with Crippen LogP contribution in [0, 0.1) is 6.92 Å². The maximum atomic E-state index is 13.8. The average Bonchev–Trinajstić information content (AvgIpc) is 2.95. The number of halogens is 2. The van der Waals surface area contributed by atoms with Gasteiger partial charge in [0.2, 0.25) is 0 Å². The van der Waals surface area contributed by atoms with E-state index in [-0.39, 0.29) is 17.6 Å². The molecule has 0 radical (unpaired) electrons. The molecule has 0 unspecified atom stereocenters. The van der Waals surface area contributed by atoms with Crippen LogP contribution in [0.25, 0.3) is 22.3 Å². The highest BCUT2D eigenvalue weighted by molar-refractivity contribution is 9.13. The van der Waals surface area contributed by atoms with Gasteiger partial charge in [-0.05, 0) is 106 Å². The van der Waals surface area contributed by atoms with Crippen molar-refractivity contribution in [3.8, 4) is 28.6 Å². The monoisotopic (exact) mass is 683 g/mol. The molecule has 41 heavy (non-hydrogen) atoms. The summed E-state index contributed by atoms with van der Waals surface area (Å²) in [6.07, 6.45) is 2.48. The number of fused-ring (bicyclic) bond motifs is 1. The molecule has 4 aromatic rings. The van der Waals surface area contributed by atoms with Crippen molar-refractivity contribution in [1.29, 1.82) is 0 Å². The Kier molecular flexibility index (Phi) is 9.92. The molecular formula is C32H35Br2N3O4. The predicted octanol–water partition coefficient (Wildman–Crippen LogP) is 8.49. The maximum Gasteiger partial charge on any atom is 0.282 e. The van der Waals surface area contributed by atoms with E-state index < -0.39 is 0 Å². The van der Waals surface area contributed by atoms with E-state index in [0.29, 0.717) is 44.9 Å². The van der Waals surface area contributed by atoms with Crippen LogP contribution >= 0.6 is 31.9 Å². The van der Waals surface area contributed by atoms with Gasteiger partial charge in [-0.25, -0.2) is 4.98 Å². The topological polar surface area (TPSA) is 74.9 Å². The number of ether oxygens (including phenoxy) is 3. The first-order chi connectivity index (χ1) is 19.6. The molecule has 9 heteroatoms. The van der Waals surface area contributed by atoms with E-state index in [1.165, 1.54) is 4.68 Å². The molecule has 1 aromatic heterocycles. The van der Waals surface area contributed by atoms with E-state index in [9.17, 15) is 4.79 Å². The van der Waals surface area contributed by atoms with E-state index in [0.717, 1.165) is 33.3 Å². The van der Waals surface area contributed by atoms with Crippen LogP contribution in [0.15, 0.2) is 61.3 Å². The van der Waals surface area contributed by atoms with Crippen molar-refractivity contribution in [2.45, 2.75) is 60.0 Å². The smallest absolute Gasteiger partial charge is 0.282 e. The fourth-order valence-electron chi connectivity index (χ4n) is 4.44. The van der Waals surface area contributed by atoms with Crippen LogP contribution in [0.3, 0.4) is 0 Å². The number of hydrogen-bond donors (Lipinski definition) is 0. The summed E-state index contributed by atoms with van der Waals surface area (Å²) < 4.78 is 20.5. The minimum atomic E-state index is -0.264. The van der Waals surface area contributed by atoms with Gasteiger partial charge < -0.3 is 14.2 Å². The van der Waals surface area contributed by atoms with E-state index in [2.05, 4.69) is 58.7 Å². The lowest BCUT2D eigenvalue weighted by Crippen LogP contribution is -2.21. The first-order valence-corrected chi connectivity index (χ1v) is 15.3. The van der Waals surface area contributed by atoms with Gasteiger partial charge in [-0.1, -0.05) is 32.9 Å². The van der Waals surface area contributed by atoms with E-state index in [1.54, 1.807) is 19.4 Å². The molecule has 1 atom stereocenters. The molecule has 0 aliphatic heterocycles. The number of aromatic nitrogens is 2. The maximum absolute atomic E-state index is 13.8. The Morgan fingerprint density at radius 1 is 1.05 bits per heavy atom. The molecule has 0 fully saturated rings. The molecule has 0 bridgehead atoms. The van der Waals surface area contributed by atoms with Crippen LogP contribution in [0.2, 0.25) is 0 Å². The molecule has 0 aliphatic rings. The molecule has 7 nitrogen and oxygen atoms in total. The second-order valence-corrected chi connectivity index (χ2v) is 11.7. The highest BCUT2D eigenvalue weighted by Crippen LogP contribution is 2.43. The molecule has 0 amide bonds. The van der Waals surface area contributed by atoms with Gasteiger partial charge in [0, 0.05) is 15.6 Å². The Hall–Kier alpha value is -3.17. The number of rotatable bonds is 10. The molecule has 0 spiro atoms. The molecule has 0 N–H and O–H groups in total. The minimum absolute atomic E-state index is 0.00418. The van der Waals surface area contributed by atoms with Crippen molar-refractivity contribution in [2.75, 3.05) is 13.7 Å². The lowest BCUT2D eigenvalue weighted by molar-refractivity contribution is 0.206. The lowest BCUT2D eigenvalue weighted by atomic mass is 9.96. The third-order valence-electron chi connectivity index (χ3n) is 6.86. The molecule has 0 saturated heterocycles. The summed E-state index contributed by atoms with van der Waals surface area (Å²) in [5, 5.41) is 5.18.